The molecule has 0 aliphatic heterocycles. The number of hydrogen-bond acceptors (Lipinski definition) is 3. The molecule has 0 fully saturated rings. The molecular formula is C14H15ClN2S2. The number of halogens is 1. The second-order valence-corrected chi connectivity index (χ2v) is 6.00. The molecule has 2 aromatic rings. The predicted molar refractivity (Wildman–Crippen MR) is 88.4 cm³/mol. The number of rotatable bonds is 5. The Kier molecular flexibility index (Phi) is 4.80. The minimum Gasteiger partial charge on any atom is -0.389 e. The van der Waals surface area contributed by atoms with Crippen LogP contribution in [0.3, 0.4) is 0 Å². The third-order valence-electron chi connectivity index (χ3n) is 2.89. The van der Waals surface area contributed by atoms with Gasteiger partial charge in [0.1, 0.15) is 4.99 Å². The molecule has 1 aromatic carbocycles. The Morgan fingerprint density at radius 1 is 1.42 bits per heavy atom. The van der Waals surface area contributed by atoms with Crippen LogP contribution in [0.5, 0.6) is 0 Å². The fraction of sp³-hybridized carbons (Fsp3) is 0.214. The van der Waals surface area contributed by atoms with Gasteiger partial charge in [0.25, 0.3) is 0 Å². The molecule has 0 saturated carbocycles. The summed E-state index contributed by atoms with van der Waals surface area (Å²) in [6.07, 6.45) is 0. The van der Waals surface area contributed by atoms with Crippen molar-refractivity contribution in [1.29, 1.82) is 0 Å². The van der Waals surface area contributed by atoms with Crippen molar-refractivity contribution < 1.29 is 0 Å². The minimum absolute atomic E-state index is 0.331. The number of thiocarbonyl (C=S) groups is 1. The summed E-state index contributed by atoms with van der Waals surface area (Å²) in [4.78, 5) is 3.93. The third kappa shape index (κ3) is 3.47. The number of anilines is 1. The van der Waals surface area contributed by atoms with Crippen molar-refractivity contribution in [2.45, 2.75) is 13.5 Å². The lowest BCUT2D eigenvalue weighted by Gasteiger charge is -2.23. The Balaban J connectivity index is 2.23. The van der Waals surface area contributed by atoms with Crippen LogP contribution >= 0.6 is 35.2 Å². The van der Waals surface area contributed by atoms with Gasteiger partial charge in [-0.15, -0.1) is 11.3 Å². The van der Waals surface area contributed by atoms with Crippen molar-refractivity contribution >= 4 is 45.8 Å². The number of benzene rings is 1. The highest BCUT2D eigenvalue weighted by atomic mass is 35.5. The number of hydrogen-bond donors (Lipinski definition) is 1. The normalized spacial score (nSPS) is 10.4. The standard InChI is InChI=1S/C14H15ClN2S2/c1-2-17(9-11-4-3-7-19-11)10-5-6-12(14(16)18)13(15)8-10/h3-8H,2,9H2,1H3,(H2,16,18). The molecule has 0 bridgehead atoms. The number of nitrogens with zero attached hydrogens (tertiary/aromatic N) is 1. The van der Waals surface area contributed by atoms with Crippen molar-refractivity contribution in [1.82, 2.24) is 0 Å². The first-order valence-corrected chi connectivity index (χ1v) is 7.65. The van der Waals surface area contributed by atoms with E-state index in [1.165, 1.54) is 4.88 Å². The molecule has 0 unspecified atom stereocenters. The second kappa shape index (κ2) is 6.37. The lowest BCUT2D eigenvalue weighted by molar-refractivity contribution is 0.842. The topological polar surface area (TPSA) is 29.3 Å². The van der Waals surface area contributed by atoms with Crippen LogP contribution in [0, 0.1) is 0 Å². The number of nitrogens with two attached hydrogens (primary N) is 1. The van der Waals surface area contributed by atoms with Crippen molar-refractivity contribution in [3.05, 3.63) is 51.2 Å². The zero-order valence-corrected chi connectivity index (χ0v) is 13.0. The Morgan fingerprint density at radius 2 is 2.21 bits per heavy atom. The van der Waals surface area contributed by atoms with E-state index in [1.54, 1.807) is 11.3 Å². The van der Waals surface area contributed by atoms with Gasteiger partial charge in [-0.3, -0.25) is 0 Å². The molecule has 100 valence electrons. The maximum atomic E-state index is 6.22. The van der Waals surface area contributed by atoms with Crippen LogP contribution in [0.4, 0.5) is 5.69 Å². The molecule has 0 amide bonds. The molecule has 1 aromatic heterocycles. The van der Waals surface area contributed by atoms with Gasteiger partial charge in [0.2, 0.25) is 0 Å². The van der Waals surface area contributed by atoms with Crippen molar-refractivity contribution in [3.63, 3.8) is 0 Å². The highest BCUT2D eigenvalue weighted by Crippen LogP contribution is 2.25. The Morgan fingerprint density at radius 3 is 2.74 bits per heavy atom. The number of thiophene rings is 1. The Hall–Kier alpha value is -1.10. The van der Waals surface area contributed by atoms with E-state index in [1.807, 2.05) is 18.2 Å². The zero-order valence-electron chi connectivity index (χ0n) is 10.6. The maximum Gasteiger partial charge on any atom is 0.105 e. The van der Waals surface area contributed by atoms with Crippen LogP contribution in [-0.2, 0) is 6.54 Å². The van der Waals surface area contributed by atoms with Gasteiger partial charge in [0.15, 0.2) is 0 Å². The van der Waals surface area contributed by atoms with Gasteiger partial charge >= 0.3 is 0 Å². The van der Waals surface area contributed by atoms with Crippen LogP contribution in [0.2, 0.25) is 5.02 Å². The van der Waals surface area contributed by atoms with Crippen LogP contribution in [-0.4, -0.2) is 11.5 Å². The summed E-state index contributed by atoms with van der Waals surface area (Å²) in [5.41, 5.74) is 7.43. The monoisotopic (exact) mass is 310 g/mol. The average molecular weight is 311 g/mol. The molecule has 0 aliphatic rings. The van der Waals surface area contributed by atoms with E-state index in [0.717, 1.165) is 24.3 Å². The fourth-order valence-electron chi connectivity index (χ4n) is 1.88. The zero-order chi connectivity index (χ0) is 13.8. The maximum absolute atomic E-state index is 6.22. The molecule has 0 saturated heterocycles. The summed E-state index contributed by atoms with van der Waals surface area (Å²) in [6, 6.07) is 10.0. The summed E-state index contributed by atoms with van der Waals surface area (Å²) in [5.74, 6) is 0. The molecule has 0 radical (unpaired) electrons. The van der Waals surface area contributed by atoms with E-state index in [9.17, 15) is 0 Å². The molecule has 5 heteroatoms. The van der Waals surface area contributed by atoms with Crippen molar-refractivity contribution in [2.24, 2.45) is 5.73 Å². The molecule has 2 rings (SSSR count). The van der Waals surface area contributed by atoms with Crippen molar-refractivity contribution in [3.8, 4) is 0 Å². The summed E-state index contributed by atoms with van der Waals surface area (Å²) < 4.78 is 0. The van der Waals surface area contributed by atoms with E-state index >= 15 is 0 Å². The average Bonchev–Trinajstić information content (AvgIpc) is 2.88. The van der Waals surface area contributed by atoms with Gasteiger partial charge in [-0.2, -0.15) is 0 Å². The van der Waals surface area contributed by atoms with E-state index in [2.05, 4.69) is 29.3 Å². The van der Waals surface area contributed by atoms with Crippen LogP contribution in [0.15, 0.2) is 35.7 Å². The Bertz CT molecular complexity index is 567. The summed E-state index contributed by atoms with van der Waals surface area (Å²) in [5, 5.41) is 2.70. The van der Waals surface area contributed by atoms with E-state index in [0.29, 0.717) is 10.0 Å². The molecule has 2 nitrogen and oxygen atoms in total. The lowest BCUT2D eigenvalue weighted by Crippen LogP contribution is -2.21. The quantitative estimate of drug-likeness (QED) is 0.844. The van der Waals surface area contributed by atoms with Gasteiger partial charge in [-0.05, 0) is 36.6 Å². The van der Waals surface area contributed by atoms with Gasteiger partial charge < -0.3 is 10.6 Å². The van der Waals surface area contributed by atoms with E-state index < -0.39 is 0 Å². The van der Waals surface area contributed by atoms with Gasteiger partial charge in [0.05, 0.1) is 11.6 Å². The first-order valence-electron chi connectivity index (χ1n) is 5.98. The summed E-state index contributed by atoms with van der Waals surface area (Å²) >= 11 is 12.9. The van der Waals surface area contributed by atoms with Crippen molar-refractivity contribution in [2.75, 3.05) is 11.4 Å². The van der Waals surface area contributed by atoms with Crippen LogP contribution in [0.1, 0.15) is 17.4 Å². The summed E-state index contributed by atoms with van der Waals surface area (Å²) in [7, 11) is 0. The first-order chi connectivity index (χ1) is 9.11. The smallest absolute Gasteiger partial charge is 0.105 e. The fourth-order valence-corrected chi connectivity index (χ4v) is 3.11. The van der Waals surface area contributed by atoms with E-state index in [-0.39, 0.29) is 0 Å². The Labute approximate surface area is 127 Å². The molecular weight excluding hydrogens is 296 g/mol. The first kappa shape index (κ1) is 14.3. The minimum atomic E-state index is 0.331. The predicted octanol–water partition coefficient (Wildman–Crippen LogP) is 4.06. The molecule has 2 N–H and O–H groups in total. The molecule has 1 heterocycles. The molecule has 19 heavy (non-hydrogen) atoms. The lowest BCUT2D eigenvalue weighted by atomic mass is 10.2. The van der Waals surface area contributed by atoms with Crippen LogP contribution < -0.4 is 10.6 Å². The largest absolute Gasteiger partial charge is 0.389 e. The van der Waals surface area contributed by atoms with Gasteiger partial charge in [0, 0.05) is 22.7 Å². The van der Waals surface area contributed by atoms with E-state index in [4.69, 9.17) is 29.6 Å². The van der Waals surface area contributed by atoms with Gasteiger partial charge in [-0.1, -0.05) is 29.9 Å². The summed E-state index contributed by atoms with van der Waals surface area (Å²) in [6.45, 7) is 3.93. The highest BCUT2D eigenvalue weighted by molar-refractivity contribution is 7.80. The second-order valence-electron chi connectivity index (χ2n) is 4.12. The van der Waals surface area contributed by atoms with Crippen LogP contribution in [0.25, 0.3) is 0 Å². The molecule has 0 spiro atoms. The SMILES string of the molecule is CCN(Cc1cccs1)c1ccc(C(N)=S)c(Cl)c1. The third-order valence-corrected chi connectivity index (χ3v) is 4.29. The van der Waals surface area contributed by atoms with Gasteiger partial charge in [-0.25, -0.2) is 0 Å². The molecule has 0 aliphatic carbocycles. The molecule has 0 atom stereocenters. The highest BCUT2D eigenvalue weighted by Gasteiger charge is 2.10.